The first-order valence-corrected chi connectivity index (χ1v) is 7.58. The fraction of sp³-hybridized carbons (Fsp3) is 0.286. The van der Waals surface area contributed by atoms with E-state index >= 15 is 0 Å². The second-order valence-corrected chi connectivity index (χ2v) is 5.53. The van der Waals surface area contributed by atoms with Crippen LogP contribution in [0.1, 0.15) is 18.9 Å². The highest BCUT2D eigenvalue weighted by Gasteiger charge is 2.36. The maximum atomic E-state index is 12.9. The van der Waals surface area contributed by atoms with Crippen LogP contribution in [0.4, 0.5) is 24.8 Å². The summed E-state index contributed by atoms with van der Waals surface area (Å²) in [5.74, 6) is -0.402. The number of nitrogens with zero attached hydrogens (tertiary/aromatic N) is 2. The number of anilines is 2. The van der Waals surface area contributed by atoms with Crippen molar-refractivity contribution in [3.8, 4) is 5.88 Å². The number of halogens is 4. The van der Waals surface area contributed by atoms with E-state index in [1.54, 1.807) is 13.0 Å². The fourth-order valence-electron chi connectivity index (χ4n) is 1.61. The SMILES string of the molecule is CCCOc1nc(Nc2ccccc2I)ncc1C(F)(F)F. The lowest BCUT2D eigenvalue weighted by Gasteiger charge is -2.14. The number of ether oxygens (including phenoxy) is 1. The van der Waals surface area contributed by atoms with Crippen molar-refractivity contribution >= 4 is 34.2 Å². The van der Waals surface area contributed by atoms with Crippen LogP contribution in [0.25, 0.3) is 0 Å². The van der Waals surface area contributed by atoms with Crippen LogP contribution in [0, 0.1) is 3.57 Å². The van der Waals surface area contributed by atoms with Gasteiger partial charge in [-0.15, -0.1) is 0 Å². The lowest BCUT2D eigenvalue weighted by atomic mass is 10.3. The molecule has 4 nitrogen and oxygen atoms in total. The third-order valence-electron chi connectivity index (χ3n) is 2.62. The molecule has 0 aliphatic heterocycles. The van der Waals surface area contributed by atoms with Crippen LogP contribution in [0.5, 0.6) is 5.88 Å². The van der Waals surface area contributed by atoms with Gasteiger partial charge in [0.15, 0.2) is 0 Å². The third kappa shape index (κ3) is 4.21. The Morgan fingerprint density at radius 2 is 2.00 bits per heavy atom. The molecule has 0 bridgehead atoms. The number of alkyl halides is 3. The summed E-state index contributed by atoms with van der Waals surface area (Å²) in [6.45, 7) is 1.96. The summed E-state index contributed by atoms with van der Waals surface area (Å²) in [5, 5.41) is 2.89. The first kappa shape index (κ1) is 16.8. The second kappa shape index (κ2) is 7.12. The molecule has 0 radical (unpaired) electrons. The Morgan fingerprint density at radius 1 is 1.27 bits per heavy atom. The molecular weight excluding hydrogens is 410 g/mol. The van der Waals surface area contributed by atoms with Gasteiger partial charge in [-0.2, -0.15) is 18.2 Å². The molecule has 0 amide bonds. The Bertz CT molecular complexity index is 649. The van der Waals surface area contributed by atoms with Crippen molar-refractivity contribution in [1.82, 2.24) is 9.97 Å². The van der Waals surface area contributed by atoms with Crippen molar-refractivity contribution in [1.29, 1.82) is 0 Å². The minimum atomic E-state index is -4.55. The Kier molecular flexibility index (Phi) is 5.43. The molecule has 0 unspecified atom stereocenters. The first-order chi connectivity index (χ1) is 10.4. The molecule has 0 atom stereocenters. The summed E-state index contributed by atoms with van der Waals surface area (Å²) in [6, 6.07) is 7.32. The number of rotatable bonds is 5. The van der Waals surface area contributed by atoms with E-state index < -0.39 is 17.6 Å². The lowest BCUT2D eigenvalue weighted by Crippen LogP contribution is -2.12. The van der Waals surface area contributed by atoms with Crippen molar-refractivity contribution in [2.24, 2.45) is 0 Å². The molecule has 0 saturated heterocycles. The van der Waals surface area contributed by atoms with E-state index in [0.29, 0.717) is 12.1 Å². The number of para-hydroxylation sites is 1. The second-order valence-electron chi connectivity index (χ2n) is 4.36. The van der Waals surface area contributed by atoms with Crippen molar-refractivity contribution in [2.75, 3.05) is 11.9 Å². The highest BCUT2D eigenvalue weighted by atomic mass is 127. The van der Waals surface area contributed by atoms with Crippen molar-refractivity contribution in [2.45, 2.75) is 19.5 Å². The standard InChI is InChI=1S/C14H13F3IN3O/c1-2-7-22-12-9(14(15,16)17)8-19-13(21-12)20-11-6-4-3-5-10(11)18/h3-6,8H,2,7H2,1H3,(H,19,20,21). The van der Waals surface area contributed by atoms with E-state index in [9.17, 15) is 13.2 Å². The molecule has 1 heterocycles. The molecule has 8 heteroatoms. The van der Waals surface area contributed by atoms with Crippen LogP contribution in [-0.4, -0.2) is 16.6 Å². The zero-order valence-corrected chi connectivity index (χ0v) is 13.8. The third-order valence-corrected chi connectivity index (χ3v) is 3.56. The van der Waals surface area contributed by atoms with E-state index in [4.69, 9.17) is 4.74 Å². The van der Waals surface area contributed by atoms with E-state index in [1.165, 1.54) is 0 Å². The molecule has 1 aromatic heterocycles. The van der Waals surface area contributed by atoms with Gasteiger partial charge in [0.2, 0.25) is 11.8 Å². The van der Waals surface area contributed by atoms with Gasteiger partial charge in [0.1, 0.15) is 5.56 Å². The minimum Gasteiger partial charge on any atom is -0.477 e. The van der Waals surface area contributed by atoms with Gasteiger partial charge in [0.05, 0.1) is 12.3 Å². The van der Waals surface area contributed by atoms with Gasteiger partial charge in [-0.1, -0.05) is 19.1 Å². The first-order valence-electron chi connectivity index (χ1n) is 6.50. The van der Waals surface area contributed by atoms with Gasteiger partial charge in [0.25, 0.3) is 0 Å². The van der Waals surface area contributed by atoms with Crippen LogP contribution < -0.4 is 10.1 Å². The van der Waals surface area contributed by atoms with Gasteiger partial charge >= 0.3 is 6.18 Å². The average Bonchev–Trinajstić information content (AvgIpc) is 2.46. The van der Waals surface area contributed by atoms with Crippen LogP contribution in [0.2, 0.25) is 0 Å². The summed E-state index contributed by atoms with van der Waals surface area (Å²) in [4.78, 5) is 7.57. The molecule has 0 aliphatic rings. The smallest absolute Gasteiger partial charge is 0.423 e. The van der Waals surface area contributed by atoms with E-state index in [0.717, 1.165) is 9.77 Å². The zero-order valence-electron chi connectivity index (χ0n) is 11.6. The Labute approximate surface area is 139 Å². The fourth-order valence-corrected chi connectivity index (χ4v) is 2.13. The Balaban J connectivity index is 2.32. The van der Waals surface area contributed by atoms with E-state index in [1.807, 2.05) is 18.2 Å². The highest BCUT2D eigenvalue weighted by Crippen LogP contribution is 2.35. The molecule has 2 aromatic rings. The predicted molar refractivity (Wildman–Crippen MR) is 85.3 cm³/mol. The van der Waals surface area contributed by atoms with Crippen LogP contribution in [0.3, 0.4) is 0 Å². The Morgan fingerprint density at radius 3 is 2.64 bits per heavy atom. The number of hydrogen-bond acceptors (Lipinski definition) is 4. The number of benzene rings is 1. The largest absolute Gasteiger partial charge is 0.477 e. The van der Waals surface area contributed by atoms with Crippen LogP contribution in [-0.2, 0) is 6.18 Å². The lowest BCUT2D eigenvalue weighted by molar-refractivity contribution is -0.139. The molecule has 0 saturated carbocycles. The summed E-state index contributed by atoms with van der Waals surface area (Å²) in [6.07, 6.45) is -3.24. The maximum Gasteiger partial charge on any atom is 0.423 e. The zero-order chi connectivity index (χ0) is 16.2. The minimum absolute atomic E-state index is 0.0585. The summed E-state index contributed by atoms with van der Waals surface area (Å²) >= 11 is 2.11. The summed E-state index contributed by atoms with van der Waals surface area (Å²) < 4.78 is 44.8. The van der Waals surface area contributed by atoms with E-state index in [2.05, 4.69) is 37.9 Å². The summed E-state index contributed by atoms with van der Waals surface area (Å²) in [7, 11) is 0. The summed E-state index contributed by atoms with van der Waals surface area (Å²) in [5.41, 5.74) is -0.265. The Hall–Kier alpha value is -1.58. The highest BCUT2D eigenvalue weighted by molar-refractivity contribution is 14.1. The number of hydrogen-bond donors (Lipinski definition) is 1. The van der Waals surface area contributed by atoms with Gasteiger partial charge in [0, 0.05) is 9.77 Å². The van der Waals surface area contributed by atoms with Crippen LogP contribution in [0.15, 0.2) is 30.5 Å². The number of nitrogens with one attached hydrogen (secondary N) is 1. The molecule has 0 spiro atoms. The molecule has 0 fully saturated rings. The van der Waals surface area contributed by atoms with Crippen molar-refractivity contribution in [3.05, 3.63) is 39.6 Å². The van der Waals surface area contributed by atoms with E-state index in [-0.39, 0.29) is 12.6 Å². The molecule has 118 valence electrons. The molecular formula is C14H13F3IN3O. The quantitative estimate of drug-likeness (QED) is 0.713. The van der Waals surface area contributed by atoms with Gasteiger partial charge in [-0.3, -0.25) is 0 Å². The predicted octanol–water partition coefficient (Wildman–Crippen LogP) is 4.63. The number of aromatic nitrogens is 2. The normalized spacial score (nSPS) is 11.3. The molecule has 2 rings (SSSR count). The topological polar surface area (TPSA) is 47.0 Å². The monoisotopic (exact) mass is 423 g/mol. The molecule has 1 aromatic carbocycles. The molecule has 22 heavy (non-hydrogen) atoms. The van der Waals surface area contributed by atoms with Crippen molar-refractivity contribution in [3.63, 3.8) is 0 Å². The van der Waals surface area contributed by atoms with Gasteiger partial charge in [-0.05, 0) is 41.1 Å². The van der Waals surface area contributed by atoms with Crippen LogP contribution >= 0.6 is 22.6 Å². The molecule has 0 aliphatic carbocycles. The van der Waals surface area contributed by atoms with Gasteiger partial charge < -0.3 is 10.1 Å². The van der Waals surface area contributed by atoms with Gasteiger partial charge in [-0.25, -0.2) is 4.98 Å². The van der Waals surface area contributed by atoms with Crippen molar-refractivity contribution < 1.29 is 17.9 Å². The average molecular weight is 423 g/mol. The molecule has 1 N–H and O–H groups in total. The maximum absolute atomic E-state index is 12.9.